The summed E-state index contributed by atoms with van der Waals surface area (Å²) in [6.07, 6.45) is 7.44. The summed E-state index contributed by atoms with van der Waals surface area (Å²) in [5.74, 6) is 0. The third-order valence-corrected chi connectivity index (χ3v) is 13.0. The van der Waals surface area contributed by atoms with E-state index in [0.717, 1.165) is 50.6 Å². The monoisotopic (exact) mass is 1780 g/mol. The Morgan fingerprint density at radius 3 is 1.33 bits per heavy atom. The van der Waals surface area contributed by atoms with Crippen LogP contribution in [0.2, 0.25) is 0 Å². The fourth-order valence-corrected chi connectivity index (χ4v) is 9.01. The first-order valence-corrected chi connectivity index (χ1v) is 26.2. The van der Waals surface area contributed by atoms with E-state index in [-0.39, 0.29) is 80.4 Å². The van der Waals surface area contributed by atoms with Crippen LogP contribution in [0, 0.1) is 65.8 Å². The molecule has 0 N–H and O–H groups in total. The van der Waals surface area contributed by atoms with E-state index < -0.39 is 0 Å². The van der Waals surface area contributed by atoms with Crippen molar-refractivity contribution < 1.29 is 80.4 Å². The molecule has 416 valence electrons. The third kappa shape index (κ3) is 18.5. The van der Waals surface area contributed by atoms with Gasteiger partial charge in [0.1, 0.15) is 0 Å². The molecule has 0 atom stereocenters. The number of nitrogens with zero attached hydrogens (tertiary/aromatic N) is 4. The van der Waals surface area contributed by atoms with Crippen molar-refractivity contribution in [2.75, 3.05) is 0 Å². The third-order valence-electron chi connectivity index (χ3n) is 13.0. The maximum absolute atomic E-state index is 4.64. The fourth-order valence-electron chi connectivity index (χ4n) is 9.01. The minimum Gasteiger partial charge on any atom is -0.305 e. The first-order chi connectivity index (χ1) is 38.1. The van der Waals surface area contributed by atoms with Gasteiger partial charge in [-0.2, -0.15) is 0 Å². The largest absolute Gasteiger partial charge is 0.305 e. The Bertz CT molecular complexity index is 3840. The van der Waals surface area contributed by atoms with Crippen LogP contribution in [0.15, 0.2) is 255 Å². The molecule has 12 aromatic rings. The first kappa shape index (κ1) is 65.8. The van der Waals surface area contributed by atoms with Crippen LogP contribution in [-0.4, -0.2) is 19.9 Å². The van der Waals surface area contributed by atoms with Crippen molar-refractivity contribution in [3.63, 3.8) is 0 Å². The molecule has 0 amide bonds. The van der Waals surface area contributed by atoms with Gasteiger partial charge in [-0.25, -0.2) is 0 Å². The molecule has 0 saturated carbocycles. The standard InChI is InChI=1S/C20H18N.3C18H14N.4Ir/c1-14-9-15(2)11-18(10-14)20-12-16(3)19(13-21-20)17-7-5-4-6-8-17;1-14-8-10-15(11-9-14)16-5-4-6-17(13-16)18-7-2-3-12-19-18;1-14-7-6-12-19-18(14)17-11-5-10-16(13-17)15-8-3-2-4-9-15;1-14-10-11-19-18(12-14)17-9-5-8-16(13-17)15-6-3-2-4-7-15;;;;/h4-10,12-13H,1-3H3;2-5,7-13H,1H3;2-10,12-13H,1H3;2-8,10-13H,1H3;;;;/q4*-1;;;;. The van der Waals surface area contributed by atoms with Crippen molar-refractivity contribution in [2.45, 2.75) is 41.5 Å². The second kappa shape index (κ2) is 33.2. The number of aryl methyl sites for hydroxylation is 6. The molecule has 4 heterocycles. The molecule has 82 heavy (non-hydrogen) atoms. The van der Waals surface area contributed by atoms with E-state index in [1.165, 1.54) is 72.3 Å². The Balaban J connectivity index is 0.000000197. The van der Waals surface area contributed by atoms with Crippen LogP contribution >= 0.6 is 0 Å². The van der Waals surface area contributed by atoms with E-state index in [9.17, 15) is 0 Å². The van der Waals surface area contributed by atoms with Crippen LogP contribution in [0.25, 0.3) is 89.5 Å². The van der Waals surface area contributed by atoms with Gasteiger partial charge in [-0.1, -0.05) is 176 Å². The molecule has 8 aromatic carbocycles. The van der Waals surface area contributed by atoms with E-state index in [1.54, 1.807) is 0 Å². The Morgan fingerprint density at radius 2 is 0.793 bits per heavy atom. The summed E-state index contributed by atoms with van der Waals surface area (Å²) in [5.41, 5.74) is 25.0. The molecule has 0 fully saturated rings. The predicted octanol–water partition coefficient (Wildman–Crippen LogP) is 18.7. The van der Waals surface area contributed by atoms with Gasteiger partial charge >= 0.3 is 0 Å². The van der Waals surface area contributed by atoms with Gasteiger partial charge in [-0.05, 0) is 96.5 Å². The van der Waals surface area contributed by atoms with Crippen molar-refractivity contribution >= 4 is 0 Å². The van der Waals surface area contributed by atoms with Gasteiger partial charge in [0.05, 0.1) is 0 Å². The predicted molar refractivity (Wildman–Crippen MR) is 324 cm³/mol. The molecular formula is C74H60Ir4N4-4. The van der Waals surface area contributed by atoms with Gasteiger partial charge in [-0.15, -0.1) is 141 Å². The molecule has 4 radical (unpaired) electrons. The van der Waals surface area contributed by atoms with E-state index >= 15 is 0 Å². The summed E-state index contributed by atoms with van der Waals surface area (Å²) < 4.78 is 0. The summed E-state index contributed by atoms with van der Waals surface area (Å²) >= 11 is 0. The summed E-state index contributed by atoms with van der Waals surface area (Å²) in [6, 6.07) is 91.8. The molecule has 4 nitrogen and oxygen atoms in total. The van der Waals surface area contributed by atoms with E-state index in [2.05, 4.69) is 250 Å². The van der Waals surface area contributed by atoms with Crippen LogP contribution in [-0.2, 0) is 80.4 Å². The molecule has 0 aliphatic heterocycles. The number of benzene rings is 8. The maximum Gasteiger partial charge on any atom is 0.0242 e. The molecule has 0 unspecified atom stereocenters. The molecule has 0 aliphatic carbocycles. The Kier molecular flexibility index (Phi) is 26.6. The minimum absolute atomic E-state index is 0. The molecule has 0 aliphatic rings. The van der Waals surface area contributed by atoms with Crippen molar-refractivity contribution in [3.05, 3.63) is 313 Å². The zero-order chi connectivity index (χ0) is 54.1. The van der Waals surface area contributed by atoms with Gasteiger partial charge in [0.2, 0.25) is 0 Å². The minimum atomic E-state index is 0. The van der Waals surface area contributed by atoms with E-state index in [1.807, 2.05) is 91.5 Å². The van der Waals surface area contributed by atoms with Crippen LogP contribution in [0.1, 0.15) is 33.4 Å². The number of pyridine rings is 4. The fraction of sp³-hybridized carbons (Fsp3) is 0.0811. The molecular weight excluding hydrogens is 1710 g/mol. The second-order valence-corrected chi connectivity index (χ2v) is 19.2. The number of hydrogen-bond acceptors (Lipinski definition) is 4. The number of aromatic nitrogens is 4. The maximum atomic E-state index is 4.64. The molecule has 0 saturated heterocycles. The first-order valence-electron chi connectivity index (χ1n) is 26.2. The number of rotatable bonds is 8. The normalized spacial score (nSPS) is 9.93. The summed E-state index contributed by atoms with van der Waals surface area (Å²) in [4.78, 5) is 17.9. The molecule has 0 bridgehead atoms. The van der Waals surface area contributed by atoms with E-state index in [4.69, 9.17) is 0 Å². The molecule has 12 rings (SSSR count). The summed E-state index contributed by atoms with van der Waals surface area (Å²) in [7, 11) is 0. The quantitative estimate of drug-likeness (QED) is 0.142. The Morgan fingerprint density at radius 1 is 0.293 bits per heavy atom. The van der Waals surface area contributed by atoms with Crippen LogP contribution in [0.3, 0.4) is 0 Å². The SMILES string of the molecule is Cc1[c-]c(-c2cc(C)c(-c3ccccc3)cn2)cc(C)c1.Cc1ccc(-c2cc[c-]c(-c3ccccn3)c2)cc1.Cc1cccnc1-c1[c-]ccc(-c2ccccc2)c1.Cc1ccnc(-c2[c-]ccc(-c3ccccc3)c2)c1.[Ir].[Ir].[Ir].[Ir]. The molecule has 8 heteroatoms. The van der Waals surface area contributed by atoms with Crippen molar-refractivity contribution in [1.29, 1.82) is 0 Å². The Hall–Kier alpha value is -7.04. The zero-order valence-electron chi connectivity index (χ0n) is 46.4. The zero-order valence-corrected chi connectivity index (χ0v) is 56.0. The van der Waals surface area contributed by atoms with Gasteiger partial charge in [-0.3, -0.25) is 0 Å². The van der Waals surface area contributed by atoms with Crippen molar-refractivity contribution in [1.82, 2.24) is 19.9 Å². The summed E-state index contributed by atoms with van der Waals surface area (Å²) in [6.45, 7) is 12.6. The van der Waals surface area contributed by atoms with Gasteiger partial charge < -0.3 is 19.9 Å². The smallest absolute Gasteiger partial charge is 0.0242 e. The average Bonchev–Trinajstić information content (AvgIpc) is 3.49. The summed E-state index contributed by atoms with van der Waals surface area (Å²) in [5, 5.41) is 0. The second-order valence-electron chi connectivity index (χ2n) is 19.2. The van der Waals surface area contributed by atoms with Gasteiger partial charge in [0, 0.05) is 111 Å². The molecule has 0 spiro atoms. The van der Waals surface area contributed by atoms with Crippen LogP contribution in [0.4, 0.5) is 0 Å². The van der Waals surface area contributed by atoms with Crippen LogP contribution < -0.4 is 0 Å². The van der Waals surface area contributed by atoms with E-state index in [0.29, 0.717) is 0 Å². The topological polar surface area (TPSA) is 51.6 Å². The van der Waals surface area contributed by atoms with Crippen LogP contribution in [0.5, 0.6) is 0 Å². The number of hydrogen-bond donors (Lipinski definition) is 0. The Labute approximate surface area is 539 Å². The van der Waals surface area contributed by atoms with Gasteiger partial charge in [0.15, 0.2) is 0 Å². The molecule has 4 aromatic heterocycles. The van der Waals surface area contributed by atoms with Crippen molar-refractivity contribution in [3.8, 4) is 89.5 Å². The average molecular weight is 1770 g/mol. The van der Waals surface area contributed by atoms with Gasteiger partial charge in [0.25, 0.3) is 0 Å². The van der Waals surface area contributed by atoms with Crippen molar-refractivity contribution in [2.24, 2.45) is 0 Å².